The van der Waals surface area contributed by atoms with Crippen LogP contribution < -0.4 is 4.74 Å². The fourth-order valence-corrected chi connectivity index (χ4v) is 3.31. The molecule has 0 N–H and O–H groups in total. The zero-order valence-electron chi connectivity index (χ0n) is 16.4. The van der Waals surface area contributed by atoms with E-state index in [0.29, 0.717) is 32.6 Å². The summed E-state index contributed by atoms with van der Waals surface area (Å²) >= 11 is 0. The molecule has 0 unspecified atom stereocenters. The van der Waals surface area contributed by atoms with Crippen LogP contribution in [-0.4, -0.2) is 54.9 Å². The highest BCUT2D eigenvalue weighted by Crippen LogP contribution is 2.16. The predicted molar refractivity (Wildman–Crippen MR) is 110 cm³/mol. The molecule has 2 amide bonds. The third-order valence-electron chi connectivity index (χ3n) is 5.00. The molecule has 1 heterocycles. The van der Waals surface area contributed by atoms with E-state index in [1.54, 1.807) is 13.2 Å². The average molecular weight is 378 g/mol. The largest absolute Gasteiger partial charge is 0.497 e. The number of carbonyl (C=O) groups is 2. The van der Waals surface area contributed by atoms with E-state index in [2.05, 4.69) is 0 Å². The van der Waals surface area contributed by atoms with Crippen molar-refractivity contribution < 1.29 is 14.3 Å². The summed E-state index contributed by atoms with van der Waals surface area (Å²) < 4.78 is 5.21. The summed E-state index contributed by atoms with van der Waals surface area (Å²) in [7, 11) is 1.62. The fraction of sp³-hybridized carbons (Fsp3) is 0.304. The van der Waals surface area contributed by atoms with Crippen LogP contribution in [0, 0.1) is 0 Å². The van der Waals surface area contributed by atoms with Crippen molar-refractivity contribution in [2.75, 3.05) is 33.3 Å². The van der Waals surface area contributed by atoms with Gasteiger partial charge in [0.2, 0.25) is 11.8 Å². The zero-order valence-corrected chi connectivity index (χ0v) is 16.4. The summed E-state index contributed by atoms with van der Waals surface area (Å²) in [5, 5.41) is 0. The predicted octanol–water partition coefficient (Wildman–Crippen LogP) is 3.01. The molecule has 1 saturated heterocycles. The molecular weight excluding hydrogens is 352 g/mol. The molecule has 3 rings (SSSR count). The maximum Gasteiger partial charge on any atom is 0.246 e. The summed E-state index contributed by atoms with van der Waals surface area (Å²) in [5.41, 5.74) is 2.93. The Morgan fingerprint density at radius 2 is 1.64 bits per heavy atom. The van der Waals surface area contributed by atoms with Gasteiger partial charge in [-0.1, -0.05) is 42.5 Å². The number of amides is 2. The summed E-state index contributed by atoms with van der Waals surface area (Å²) in [5.74, 6) is 0.832. The van der Waals surface area contributed by atoms with Crippen LogP contribution in [0.1, 0.15) is 18.1 Å². The molecule has 2 aromatic carbocycles. The Labute approximate surface area is 166 Å². The number of rotatable bonds is 5. The Bertz CT molecular complexity index is 853. The van der Waals surface area contributed by atoms with Crippen LogP contribution in [0.5, 0.6) is 5.75 Å². The van der Waals surface area contributed by atoms with Gasteiger partial charge in [0.15, 0.2) is 0 Å². The molecule has 1 fully saturated rings. The Hall–Kier alpha value is -3.08. The number of hydrogen-bond acceptors (Lipinski definition) is 3. The molecule has 1 aliphatic rings. The number of carbonyl (C=O) groups excluding carboxylic acids is 2. The van der Waals surface area contributed by atoms with E-state index in [4.69, 9.17) is 4.74 Å². The molecule has 0 bridgehead atoms. The van der Waals surface area contributed by atoms with Crippen molar-refractivity contribution in [2.45, 2.75) is 13.3 Å². The van der Waals surface area contributed by atoms with Crippen molar-refractivity contribution in [3.8, 4) is 5.75 Å². The number of ether oxygens (including phenoxy) is 1. The highest BCUT2D eigenvalue weighted by Gasteiger charge is 2.23. The second kappa shape index (κ2) is 9.22. The Balaban J connectivity index is 1.53. The Morgan fingerprint density at radius 1 is 0.964 bits per heavy atom. The van der Waals surface area contributed by atoms with E-state index < -0.39 is 0 Å². The normalized spacial score (nSPS) is 14.7. The van der Waals surface area contributed by atoms with Crippen molar-refractivity contribution in [3.05, 3.63) is 71.8 Å². The van der Waals surface area contributed by atoms with Crippen molar-refractivity contribution in [3.63, 3.8) is 0 Å². The lowest BCUT2D eigenvalue weighted by molar-refractivity contribution is -0.136. The monoisotopic (exact) mass is 378 g/mol. The van der Waals surface area contributed by atoms with Crippen LogP contribution >= 0.6 is 0 Å². The minimum absolute atomic E-state index is 0.00116. The Morgan fingerprint density at radius 3 is 2.32 bits per heavy atom. The first-order chi connectivity index (χ1) is 13.6. The summed E-state index contributed by atoms with van der Waals surface area (Å²) in [4.78, 5) is 28.8. The van der Waals surface area contributed by atoms with E-state index in [-0.39, 0.29) is 11.8 Å². The van der Waals surface area contributed by atoms with E-state index in [0.717, 1.165) is 22.4 Å². The van der Waals surface area contributed by atoms with Gasteiger partial charge in [-0.05, 0) is 35.8 Å². The molecule has 0 atom stereocenters. The van der Waals surface area contributed by atoms with Gasteiger partial charge in [0.05, 0.1) is 13.5 Å². The number of nitrogens with zero attached hydrogens (tertiary/aromatic N) is 2. The van der Waals surface area contributed by atoms with Gasteiger partial charge in [-0.25, -0.2) is 0 Å². The van der Waals surface area contributed by atoms with Crippen LogP contribution in [0.2, 0.25) is 0 Å². The van der Waals surface area contributed by atoms with Crippen molar-refractivity contribution >= 4 is 17.4 Å². The smallest absolute Gasteiger partial charge is 0.246 e. The average Bonchev–Trinajstić information content (AvgIpc) is 2.74. The molecular formula is C23H26N2O3. The minimum atomic E-state index is 0.00116. The van der Waals surface area contributed by atoms with Crippen LogP contribution in [0.15, 0.2) is 60.7 Å². The van der Waals surface area contributed by atoms with E-state index in [1.165, 1.54) is 0 Å². The molecule has 5 heteroatoms. The quantitative estimate of drug-likeness (QED) is 0.752. The lowest BCUT2D eigenvalue weighted by Gasteiger charge is -2.34. The molecule has 0 aromatic heterocycles. The third kappa shape index (κ3) is 5.00. The van der Waals surface area contributed by atoms with Crippen LogP contribution in [0.4, 0.5) is 0 Å². The Kier molecular flexibility index (Phi) is 6.48. The van der Waals surface area contributed by atoms with Crippen molar-refractivity contribution in [1.82, 2.24) is 9.80 Å². The zero-order chi connectivity index (χ0) is 19.9. The molecule has 1 aliphatic heterocycles. The van der Waals surface area contributed by atoms with E-state index in [1.807, 2.05) is 71.3 Å². The lowest BCUT2D eigenvalue weighted by atomic mass is 10.1. The first-order valence-corrected chi connectivity index (χ1v) is 9.50. The summed E-state index contributed by atoms with van der Waals surface area (Å²) in [6.45, 7) is 4.18. The molecule has 0 radical (unpaired) electrons. The third-order valence-corrected chi connectivity index (χ3v) is 5.00. The molecule has 0 spiro atoms. The van der Waals surface area contributed by atoms with Crippen LogP contribution in [0.3, 0.4) is 0 Å². The second-order valence-electron chi connectivity index (χ2n) is 6.93. The van der Waals surface area contributed by atoms with Crippen molar-refractivity contribution in [1.29, 1.82) is 0 Å². The molecule has 5 nitrogen and oxygen atoms in total. The molecule has 2 aromatic rings. The SMILES string of the molecule is COc1cccc(CC(=O)N2CCN(C(=O)/C=C(/C)c3ccccc3)CC2)c1. The van der Waals surface area contributed by atoms with Gasteiger partial charge in [-0.15, -0.1) is 0 Å². The van der Waals surface area contributed by atoms with Gasteiger partial charge in [0, 0.05) is 32.3 Å². The fourth-order valence-electron chi connectivity index (χ4n) is 3.31. The van der Waals surface area contributed by atoms with E-state index >= 15 is 0 Å². The number of benzene rings is 2. The topological polar surface area (TPSA) is 49.9 Å². The molecule has 28 heavy (non-hydrogen) atoms. The first-order valence-electron chi connectivity index (χ1n) is 9.50. The molecule has 0 saturated carbocycles. The maximum atomic E-state index is 12.6. The van der Waals surface area contributed by atoms with Gasteiger partial charge in [-0.2, -0.15) is 0 Å². The van der Waals surface area contributed by atoms with E-state index in [9.17, 15) is 9.59 Å². The number of methoxy groups -OCH3 is 1. The lowest BCUT2D eigenvalue weighted by Crippen LogP contribution is -2.50. The van der Waals surface area contributed by atoms with Gasteiger partial charge >= 0.3 is 0 Å². The van der Waals surface area contributed by atoms with Crippen molar-refractivity contribution in [2.24, 2.45) is 0 Å². The second-order valence-corrected chi connectivity index (χ2v) is 6.93. The molecule has 146 valence electrons. The summed E-state index contributed by atoms with van der Waals surface area (Å²) in [6.07, 6.45) is 2.03. The minimum Gasteiger partial charge on any atom is -0.497 e. The molecule has 0 aliphatic carbocycles. The standard InChI is InChI=1S/C23H26N2O3/c1-18(20-8-4-3-5-9-20)15-22(26)24-11-13-25(14-12-24)23(27)17-19-7-6-10-21(16-19)28-2/h3-10,15-16H,11-14,17H2,1-2H3/b18-15-. The number of hydrogen-bond donors (Lipinski definition) is 0. The number of allylic oxidation sites excluding steroid dienone is 1. The first kappa shape index (κ1) is 19.7. The summed E-state index contributed by atoms with van der Waals surface area (Å²) in [6, 6.07) is 17.4. The van der Waals surface area contributed by atoms with Crippen LogP contribution in [-0.2, 0) is 16.0 Å². The van der Waals surface area contributed by atoms with Crippen LogP contribution in [0.25, 0.3) is 5.57 Å². The highest BCUT2D eigenvalue weighted by atomic mass is 16.5. The van der Waals surface area contributed by atoms with Gasteiger partial charge in [0.1, 0.15) is 5.75 Å². The maximum absolute atomic E-state index is 12.6. The highest BCUT2D eigenvalue weighted by molar-refractivity contribution is 5.95. The number of piperazine rings is 1. The van der Waals surface area contributed by atoms with Gasteiger partial charge < -0.3 is 14.5 Å². The van der Waals surface area contributed by atoms with Gasteiger partial charge in [0.25, 0.3) is 0 Å². The van der Waals surface area contributed by atoms with Gasteiger partial charge in [-0.3, -0.25) is 9.59 Å².